The lowest BCUT2D eigenvalue weighted by Crippen LogP contribution is -2.15. The number of carbonyl (C=O) groups excluding carboxylic acids is 1. The van der Waals surface area contributed by atoms with Gasteiger partial charge in [0.25, 0.3) is 10.0 Å². The van der Waals surface area contributed by atoms with E-state index in [0.29, 0.717) is 11.3 Å². The molecule has 9 heteroatoms. The molecule has 0 saturated carbocycles. The molecule has 0 unspecified atom stereocenters. The molecule has 3 aromatic rings. The highest BCUT2D eigenvalue weighted by Gasteiger charge is 2.22. The zero-order valence-electron chi connectivity index (χ0n) is 16.1. The van der Waals surface area contributed by atoms with Gasteiger partial charge in [-0.25, -0.2) is 18.2 Å². The number of aromatic nitrogens is 1. The van der Waals surface area contributed by atoms with Crippen LogP contribution in [0.1, 0.15) is 22.3 Å². The molecule has 1 aromatic heterocycles. The number of ether oxygens (including phenoxy) is 2. The van der Waals surface area contributed by atoms with Crippen LogP contribution < -0.4 is 9.46 Å². The quantitative estimate of drug-likeness (QED) is 0.565. The summed E-state index contributed by atoms with van der Waals surface area (Å²) >= 11 is 1.48. The molecule has 0 atom stereocenters. The number of aryl methyl sites for hydroxylation is 1. The molecule has 152 valence electrons. The predicted molar refractivity (Wildman–Crippen MR) is 112 cm³/mol. The number of nitrogens with zero attached hydrogens (tertiary/aromatic N) is 1. The Morgan fingerprint density at radius 3 is 2.66 bits per heavy atom. The van der Waals surface area contributed by atoms with E-state index >= 15 is 0 Å². The number of hydrogen-bond donors (Lipinski definition) is 1. The Hall–Kier alpha value is -2.91. The number of sulfonamides is 1. The minimum Gasteiger partial charge on any atom is -0.495 e. The van der Waals surface area contributed by atoms with Crippen molar-refractivity contribution in [1.29, 1.82) is 0 Å². The van der Waals surface area contributed by atoms with E-state index in [4.69, 9.17) is 9.47 Å². The van der Waals surface area contributed by atoms with E-state index in [1.165, 1.54) is 30.6 Å². The molecule has 0 saturated heterocycles. The first-order chi connectivity index (χ1) is 13.8. The number of rotatable bonds is 7. The van der Waals surface area contributed by atoms with Crippen molar-refractivity contribution in [2.24, 2.45) is 0 Å². The molecule has 1 heterocycles. The number of methoxy groups -OCH3 is 1. The Balaban J connectivity index is 1.97. The summed E-state index contributed by atoms with van der Waals surface area (Å²) in [4.78, 5) is 16.3. The zero-order valence-corrected chi connectivity index (χ0v) is 17.8. The van der Waals surface area contributed by atoms with Crippen LogP contribution in [0.25, 0.3) is 11.3 Å². The number of thiazole rings is 1. The number of nitrogens with one attached hydrogen (secondary N) is 1. The van der Waals surface area contributed by atoms with Gasteiger partial charge in [0.15, 0.2) is 0 Å². The molecule has 0 aliphatic rings. The van der Waals surface area contributed by atoms with Crippen LogP contribution in [0.4, 0.5) is 5.69 Å². The molecule has 29 heavy (non-hydrogen) atoms. The van der Waals surface area contributed by atoms with Gasteiger partial charge >= 0.3 is 5.97 Å². The van der Waals surface area contributed by atoms with E-state index in [0.717, 1.165) is 5.01 Å². The normalized spacial score (nSPS) is 11.1. The highest BCUT2D eigenvalue weighted by Crippen LogP contribution is 2.31. The highest BCUT2D eigenvalue weighted by molar-refractivity contribution is 7.92. The summed E-state index contributed by atoms with van der Waals surface area (Å²) < 4.78 is 38.8. The van der Waals surface area contributed by atoms with Gasteiger partial charge in [-0.15, -0.1) is 11.3 Å². The molecule has 0 amide bonds. The SMILES string of the molecule is CCOC(=O)c1cccc(NS(=O)(=O)c2cc(-c3csc(C)n3)ccc2OC)c1. The van der Waals surface area contributed by atoms with Crippen LogP contribution >= 0.6 is 11.3 Å². The topological polar surface area (TPSA) is 94.6 Å². The second kappa shape index (κ2) is 8.62. The fraction of sp³-hybridized carbons (Fsp3) is 0.200. The summed E-state index contributed by atoms with van der Waals surface area (Å²) in [7, 11) is -2.58. The molecule has 2 aromatic carbocycles. The molecular weight excluding hydrogens is 412 g/mol. The molecule has 0 aliphatic heterocycles. The second-order valence-corrected chi connectivity index (χ2v) is 8.74. The van der Waals surface area contributed by atoms with Crippen molar-refractivity contribution in [3.05, 3.63) is 58.4 Å². The summed E-state index contributed by atoms with van der Waals surface area (Å²) in [5.74, 6) is -0.318. The van der Waals surface area contributed by atoms with E-state index < -0.39 is 16.0 Å². The number of anilines is 1. The Bertz CT molecular complexity index is 1140. The number of hydrogen-bond acceptors (Lipinski definition) is 7. The Morgan fingerprint density at radius 1 is 1.21 bits per heavy atom. The maximum Gasteiger partial charge on any atom is 0.338 e. The van der Waals surface area contributed by atoms with Gasteiger partial charge in [-0.05, 0) is 50.2 Å². The van der Waals surface area contributed by atoms with Gasteiger partial charge in [-0.2, -0.15) is 0 Å². The summed E-state index contributed by atoms with van der Waals surface area (Å²) in [5.41, 5.74) is 1.85. The molecule has 3 rings (SSSR count). The summed E-state index contributed by atoms with van der Waals surface area (Å²) in [5, 5.41) is 2.75. The van der Waals surface area contributed by atoms with Gasteiger partial charge in [-0.1, -0.05) is 6.07 Å². The van der Waals surface area contributed by atoms with E-state index in [-0.39, 0.29) is 28.5 Å². The predicted octanol–water partition coefficient (Wildman–Crippen LogP) is 4.10. The first kappa shape index (κ1) is 20.8. The Morgan fingerprint density at radius 2 is 2.00 bits per heavy atom. The van der Waals surface area contributed by atoms with Gasteiger partial charge in [0.2, 0.25) is 0 Å². The largest absolute Gasteiger partial charge is 0.495 e. The lowest BCUT2D eigenvalue weighted by Gasteiger charge is -2.13. The Kier molecular flexibility index (Phi) is 6.19. The van der Waals surface area contributed by atoms with Crippen LogP contribution in [0.3, 0.4) is 0 Å². The minimum atomic E-state index is -3.99. The summed E-state index contributed by atoms with van der Waals surface area (Å²) in [6.45, 7) is 3.82. The van der Waals surface area contributed by atoms with E-state index in [1.807, 2.05) is 12.3 Å². The summed E-state index contributed by atoms with van der Waals surface area (Å²) in [6.07, 6.45) is 0. The van der Waals surface area contributed by atoms with Crippen LogP contribution in [0.5, 0.6) is 5.75 Å². The van der Waals surface area contributed by atoms with Crippen molar-refractivity contribution >= 4 is 33.0 Å². The van der Waals surface area contributed by atoms with Gasteiger partial charge < -0.3 is 9.47 Å². The molecule has 0 aliphatic carbocycles. The van der Waals surface area contributed by atoms with Crippen molar-refractivity contribution in [2.75, 3.05) is 18.4 Å². The lowest BCUT2D eigenvalue weighted by atomic mass is 10.2. The first-order valence-corrected chi connectivity index (χ1v) is 11.1. The van der Waals surface area contributed by atoms with Gasteiger partial charge in [0.1, 0.15) is 10.6 Å². The van der Waals surface area contributed by atoms with E-state index in [9.17, 15) is 13.2 Å². The number of esters is 1. The third-order valence-corrected chi connectivity index (χ3v) is 6.17. The maximum atomic E-state index is 13.1. The van der Waals surface area contributed by atoms with Gasteiger partial charge in [0.05, 0.1) is 30.0 Å². The fourth-order valence-corrected chi connectivity index (χ4v) is 4.54. The molecule has 0 bridgehead atoms. The van der Waals surface area contributed by atoms with Crippen molar-refractivity contribution in [1.82, 2.24) is 4.98 Å². The van der Waals surface area contributed by atoms with Crippen LogP contribution in [-0.4, -0.2) is 33.1 Å². The second-order valence-electron chi connectivity index (χ2n) is 6.02. The van der Waals surface area contributed by atoms with Crippen LogP contribution in [0.2, 0.25) is 0 Å². The smallest absolute Gasteiger partial charge is 0.338 e. The average Bonchev–Trinajstić information content (AvgIpc) is 3.14. The van der Waals surface area contributed by atoms with Gasteiger partial charge in [0, 0.05) is 16.6 Å². The zero-order chi connectivity index (χ0) is 21.0. The molecule has 0 spiro atoms. The van der Waals surface area contributed by atoms with Crippen molar-refractivity contribution in [2.45, 2.75) is 18.7 Å². The van der Waals surface area contributed by atoms with Gasteiger partial charge in [-0.3, -0.25) is 4.72 Å². The van der Waals surface area contributed by atoms with Crippen LogP contribution in [-0.2, 0) is 14.8 Å². The molecule has 0 fully saturated rings. The highest BCUT2D eigenvalue weighted by atomic mass is 32.2. The Labute approximate surface area is 173 Å². The minimum absolute atomic E-state index is 0.0234. The molecule has 1 N–H and O–H groups in total. The van der Waals surface area contributed by atoms with Crippen molar-refractivity contribution in [3.8, 4) is 17.0 Å². The third kappa shape index (κ3) is 4.75. The lowest BCUT2D eigenvalue weighted by molar-refractivity contribution is 0.0526. The molecular formula is C20H20N2O5S2. The van der Waals surface area contributed by atoms with Crippen LogP contribution in [0.15, 0.2) is 52.7 Å². The third-order valence-electron chi connectivity index (χ3n) is 3.99. The summed E-state index contributed by atoms with van der Waals surface area (Å²) in [6, 6.07) is 11.0. The maximum absolute atomic E-state index is 13.1. The van der Waals surface area contributed by atoms with Crippen molar-refractivity contribution in [3.63, 3.8) is 0 Å². The van der Waals surface area contributed by atoms with E-state index in [2.05, 4.69) is 9.71 Å². The standard InChI is InChI=1S/C20H20N2O5S2/c1-4-27-20(23)15-6-5-7-16(10-15)22-29(24,25)19-11-14(8-9-18(19)26-3)17-12-28-13(2)21-17/h5-12,22H,4H2,1-3H3. The molecule has 0 radical (unpaired) electrons. The van der Waals surface area contributed by atoms with E-state index in [1.54, 1.807) is 37.3 Å². The average molecular weight is 433 g/mol. The fourth-order valence-electron chi connectivity index (χ4n) is 2.68. The molecule has 7 nitrogen and oxygen atoms in total. The van der Waals surface area contributed by atoms with Crippen molar-refractivity contribution < 1.29 is 22.7 Å². The number of benzene rings is 2. The number of carbonyl (C=O) groups is 1. The van der Waals surface area contributed by atoms with Crippen LogP contribution in [0, 0.1) is 6.92 Å². The monoisotopic (exact) mass is 432 g/mol. The first-order valence-electron chi connectivity index (χ1n) is 8.74.